The van der Waals surface area contributed by atoms with Crippen LogP contribution in [0.3, 0.4) is 0 Å². The number of pyridine rings is 1. The molecular formula is C21H21N3O3S2. The molecule has 0 radical (unpaired) electrons. The lowest BCUT2D eigenvalue weighted by atomic mass is 9.99. The van der Waals surface area contributed by atoms with Gasteiger partial charge in [-0.3, -0.25) is 9.78 Å². The first-order chi connectivity index (χ1) is 13.8. The van der Waals surface area contributed by atoms with Crippen LogP contribution in [0.2, 0.25) is 0 Å². The van der Waals surface area contributed by atoms with E-state index in [-0.39, 0.29) is 5.91 Å². The van der Waals surface area contributed by atoms with Crippen molar-refractivity contribution < 1.29 is 13.2 Å². The molecule has 8 heteroatoms. The highest BCUT2D eigenvalue weighted by Gasteiger charge is 2.25. The van der Waals surface area contributed by atoms with Gasteiger partial charge in [-0.1, -0.05) is 18.2 Å². The molecule has 4 rings (SSSR count). The Hall–Kier alpha value is -2.55. The minimum Gasteiger partial charge on any atom is -0.322 e. The van der Waals surface area contributed by atoms with Crippen LogP contribution in [0.25, 0.3) is 10.6 Å². The average molecular weight is 428 g/mol. The standard InChI is InChI=1S/C21H21N3O3S2/c1-14-16(8-9-19(22-14)20-7-4-12-28-20)21(25)23-18-6-3-5-15-13-24(29(2,26)27)11-10-17(15)18/h3-9,12H,10-11,13H2,1-2H3,(H,23,25). The summed E-state index contributed by atoms with van der Waals surface area (Å²) in [5.74, 6) is -0.216. The Bertz CT molecular complexity index is 1170. The van der Waals surface area contributed by atoms with Crippen molar-refractivity contribution in [2.24, 2.45) is 0 Å². The molecule has 29 heavy (non-hydrogen) atoms. The van der Waals surface area contributed by atoms with Gasteiger partial charge in [0.05, 0.1) is 28.1 Å². The van der Waals surface area contributed by atoms with Crippen LogP contribution in [0.1, 0.15) is 27.2 Å². The Kier molecular flexibility index (Phi) is 5.24. The lowest BCUT2D eigenvalue weighted by Crippen LogP contribution is -2.35. The molecule has 1 aliphatic rings. The van der Waals surface area contributed by atoms with Crippen molar-refractivity contribution in [3.05, 3.63) is 70.2 Å². The number of nitrogens with one attached hydrogen (secondary N) is 1. The van der Waals surface area contributed by atoms with Gasteiger partial charge in [-0.15, -0.1) is 11.3 Å². The van der Waals surface area contributed by atoms with Gasteiger partial charge < -0.3 is 5.32 Å². The van der Waals surface area contributed by atoms with Gasteiger partial charge in [0.15, 0.2) is 0 Å². The first kappa shape index (κ1) is 19.8. The van der Waals surface area contributed by atoms with E-state index in [1.807, 2.05) is 48.7 Å². The molecule has 0 aliphatic carbocycles. The number of aryl methyl sites for hydroxylation is 1. The normalized spacial score (nSPS) is 14.4. The second kappa shape index (κ2) is 7.70. The van der Waals surface area contributed by atoms with Crippen LogP contribution in [0.4, 0.5) is 5.69 Å². The van der Waals surface area contributed by atoms with Crippen LogP contribution in [0.5, 0.6) is 0 Å². The quantitative estimate of drug-likeness (QED) is 0.689. The fourth-order valence-electron chi connectivity index (χ4n) is 3.54. The molecule has 150 valence electrons. The second-order valence-corrected chi connectivity index (χ2v) is 9.98. The van der Waals surface area contributed by atoms with E-state index in [1.165, 1.54) is 10.6 Å². The molecule has 0 spiro atoms. The van der Waals surface area contributed by atoms with E-state index in [2.05, 4.69) is 10.3 Å². The van der Waals surface area contributed by atoms with Crippen molar-refractivity contribution in [2.75, 3.05) is 18.1 Å². The Labute approximate surface area is 174 Å². The molecule has 0 atom stereocenters. The van der Waals surface area contributed by atoms with Crippen LogP contribution in [0, 0.1) is 6.92 Å². The van der Waals surface area contributed by atoms with E-state index in [4.69, 9.17) is 0 Å². The predicted molar refractivity (Wildman–Crippen MR) is 116 cm³/mol. The van der Waals surface area contributed by atoms with Gasteiger partial charge in [0.2, 0.25) is 10.0 Å². The zero-order chi connectivity index (χ0) is 20.6. The highest BCUT2D eigenvalue weighted by atomic mass is 32.2. The number of amides is 1. The zero-order valence-corrected chi connectivity index (χ0v) is 17.8. The highest BCUT2D eigenvalue weighted by molar-refractivity contribution is 7.88. The van der Waals surface area contributed by atoms with E-state index >= 15 is 0 Å². The summed E-state index contributed by atoms with van der Waals surface area (Å²) in [5.41, 5.74) is 4.68. The lowest BCUT2D eigenvalue weighted by Gasteiger charge is -2.28. The van der Waals surface area contributed by atoms with E-state index < -0.39 is 10.0 Å². The van der Waals surface area contributed by atoms with E-state index in [9.17, 15) is 13.2 Å². The summed E-state index contributed by atoms with van der Waals surface area (Å²) in [5, 5.41) is 4.99. The molecule has 1 N–H and O–H groups in total. The van der Waals surface area contributed by atoms with E-state index in [1.54, 1.807) is 17.4 Å². The fourth-order valence-corrected chi connectivity index (χ4v) is 5.03. The number of carbonyl (C=O) groups excluding carboxylic acids is 1. The monoisotopic (exact) mass is 427 g/mol. The topological polar surface area (TPSA) is 79.4 Å². The molecule has 0 saturated heterocycles. The fraction of sp³-hybridized carbons (Fsp3) is 0.238. The van der Waals surface area contributed by atoms with Crippen molar-refractivity contribution in [2.45, 2.75) is 19.9 Å². The SMILES string of the molecule is Cc1nc(-c2cccs2)ccc1C(=O)Nc1cccc2c1CCN(S(C)(=O)=O)C2. The maximum atomic E-state index is 12.9. The Morgan fingerprint density at radius 2 is 2.00 bits per heavy atom. The molecule has 1 amide bonds. The summed E-state index contributed by atoms with van der Waals surface area (Å²) in [6.45, 7) is 2.57. The number of benzene rings is 1. The smallest absolute Gasteiger partial charge is 0.257 e. The zero-order valence-electron chi connectivity index (χ0n) is 16.2. The molecule has 0 unspecified atom stereocenters. The van der Waals surface area contributed by atoms with Crippen molar-refractivity contribution in [3.63, 3.8) is 0 Å². The first-order valence-electron chi connectivity index (χ1n) is 9.21. The third kappa shape index (κ3) is 4.10. The maximum Gasteiger partial charge on any atom is 0.257 e. The largest absolute Gasteiger partial charge is 0.322 e. The lowest BCUT2D eigenvalue weighted by molar-refractivity contribution is 0.102. The van der Waals surface area contributed by atoms with Gasteiger partial charge in [0, 0.05) is 18.8 Å². The molecule has 0 fully saturated rings. The van der Waals surface area contributed by atoms with Gasteiger partial charge in [0.1, 0.15) is 0 Å². The molecule has 6 nitrogen and oxygen atoms in total. The van der Waals surface area contributed by atoms with Crippen LogP contribution < -0.4 is 5.32 Å². The summed E-state index contributed by atoms with van der Waals surface area (Å²) < 4.78 is 25.1. The number of hydrogen-bond donors (Lipinski definition) is 1. The molecule has 1 aliphatic heterocycles. The van der Waals surface area contributed by atoms with Crippen LogP contribution >= 0.6 is 11.3 Å². The molecular weight excluding hydrogens is 406 g/mol. The molecule has 0 bridgehead atoms. The van der Waals surface area contributed by atoms with E-state index in [0.717, 1.165) is 27.4 Å². The number of rotatable bonds is 4. The number of thiophene rings is 1. The summed E-state index contributed by atoms with van der Waals surface area (Å²) in [6, 6.07) is 13.2. The van der Waals surface area contributed by atoms with Gasteiger partial charge >= 0.3 is 0 Å². The summed E-state index contributed by atoms with van der Waals surface area (Å²) in [6.07, 6.45) is 1.78. The number of aromatic nitrogens is 1. The van der Waals surface area contributed by atoms with Gasteiger partial charge in [-0.2, -0.15) is 4.31 Å². The number of carbonyl (C=O) groups is 1. The summed E-state index contributed by atoms with van der Waals surface area (Å²) >= 11 is 1.61. The molecule has 3 aromatic rings. The Morgan fingerprint density at radius 1 is 1.17 bits per heavy atom. The minimum absolute atomic E-state index is 0.216. The van der Waals surface area contributed by atoms with Gasteiger partial charge in [-0.25, -0.2) is 8.42 Å². The van der Waals surface area contributed by atoms with Crippen LogP contribution in [-0.2, 0) is 23.0 Å². The number of fused-ring (bicyclic) bond motifs is 1. The summed E-state index contributed by atoms with van der Waals surface area (Å²) in [7, 11) is -3.24. The second-order valence-electron chi connectivity index (χ2n) is 7.05. The predicted octanol–water partition coefficient (Wildman–Crippen LogP) is 3.69. The first-order valence-corrected chi connectivity index (χ1v) is 11.9. The number of anilines is 1. The third-order valence-corrected chi connectivity index (χ3v) is 7.19. The number of sulfonamides is 1. The van der Waals surface area contributed by atoms with Crippen molar-refractivity contribution in [1.82, 2.24) is 9.29 Å². The Morgan fingerprint density at radius 3 is 2.69 bits per heavy atom. The van der Waals surface area contributed by atoms with Gasteiger partial charge in [0.25, 0.3) is 5.91 Å². The highest BCUT2D eigenvalue weighted by Crippen LogP contribution is 2.28. The molecule has 3 heterocycles. The van der Waals surface area contributed by atoms with Crippen molar-refractivity contribution >= 4 is 33.0 Å². The minimum atomic E-state index is -3.24. The summed E-state index contributed by atoms with van der Waals surface area (Å²) in [4.78, 5) is 18.5. The molecule has 1 aromatic carbocycles. The maximum absolute atomic E-state index is 12.9. The van der Waals surface area contributed by atoms with Crippen LogP contribution in [0.15, 0.2) is 47.8 Å². The molecule has 0 saturated carbocycles. The van der Waals surface area contributed by atoms with Gasteiger partial charge in [-0.05, 0) is 54.1 Å². The molecule has 2 aromatic heterocycles. The van der Waals surface area contributed by atoms with Crippen molar-refractivity contribution in [3.8, 4) is 10.6 Å². The number of nitrogens with zero attached hydrogens (tertiary/aromatic N) is 2. The van der Waals surface area contributed by atoms with Crippen molar-refractivity contribution in [1.29, 1.82) is 0 Å². The third-order valence-electron chi connectivity index (χ3n) is 5.05. The Balaban J connectivity index is 1.57. The van der Waals surface area contributed by atoms with Crippen LogP contribution in [-0.4, -0.2) is 36.4 Å². The number of hydrogen-bond acceptors (Lipinski definition) is 5. The van der Waals surface area contributed by atoms with E-state index in [0.29, 0.717) is 30.8 Å². The average Bonchev–Trinajstić information content (AvgIpc) is 3.22.